The number of hydrogen-bond donors (Lipinski definition) is 0. The van der Waals surface area contributed by atoms with Crippen LogP contribution in [0.5, 0.6) is 0 Å². The lowest BCUT2D eigenvalue weighted by molar-refractivity contribution is 0.448. The van der Waals surface area contributed by atoms with E-state index >= 15 is 0 Å². The Morgan fingerprint density at radius 2 is 2.36 bits per heavy atom. The van der Waals surface area contributed by atoms with Gasteiger partial charge in [0.05, 0.1) is 6.20 Å². The van der Waals surface area contributed by atoms with E-state index < -0.39 is 5.82 Å². The lowest BCUT2D eigenvalue weighted by Crippen LogP contribution is -1.78. The Bertz CT molecular complexity index is 396. The van der Waals surface area contributed by atoms with Crippen LogP contribution in [0.2, 0.25) is 0 Å². The van der Waals surface area contributed by atoms with Crippen LogP contribution in [0.3, 0.4) is 0 Å². The Labute approximate surface area is 61.8 Å². The summed E-state index contributed by atoms with van der Waals surface area (Å²) in [4.78, 5) is 3.81. The summed E-state index contributed by atoms with van der Waals surface area (Å²) in [5.41, 5.74) is 1.69. The van der Waals surface area contributed by atoms with E-state index in [-0.39, 0.29) is 0 Å². The molecule has 4 heteroatoms. The monoisotopic (exact) mass is 152 g/mol. The molecule has 0 atom stereocenters. The molecule has 0 N–H and O–H groups in total. The van der Waals surface area contributed by atoms with Crippen molar-refractivity contribution < 1.29 is 8.91 Å². The first kappa shape index (κ1) is 6.27. The molecule has 2 heterocycles. The second-order valence-corrected chi connectivity index (χ2v) is 2.27. The number of fused-ring (bicyclic) bond motifs is 1. The van der Waals surface area contributed by atoms with E-state index in [1.165, 1.54) is 6.07 Å². The first-order valence-corrected chi connectivity index (χ1v) is 3.15. The molecule has 2 rings (SSSR count). The summed E-state index contributed by atoms with van der Waals surface area (Å²) < 4.78 is 17.3. The molecule has 2 aromatic rings. The number of pyridine rings is 1. The van der Waals surface area contributed by atoms with Gasteiger partial charge in [0.2, 0.25) is 0 Å². The zero-order valence-corrected chi connectivity index (χ0v) is 5.84. The highest BCUT2D eigenvalue weighted by molar-refractivity contribution is 5.73. The molecule has 3 nitrogen and oxygen atoms in total. The van der Waals surface area contributed by atoms with E-state index in [2.05, 4.69) is 10.1 Å². The summed E-state index contributed by atoms with van der Waals surface area (Å²) in [7, 11) is 0. The van der Waals surface area contributed by atoms with Crippen LogP contribution < -0.4 is 0 Å². The highest BCUT2D eigenvalue weighted by Crippen LogP contribution is 2.14. The van der Waals surface area contributed by atoms with E-state index in [0.29, 0.717) is 16.8 Å². The van der Waals surface area contributed by atoms with Gasteiger partial charge < -0.3 is 4.52 Å². The standard InChI is InChI=1S/C7H5FN2O/c1-4-7-6(11-10-4)2-5(8)3-9-7/h2-3H,1H3. The van der Waals surface area contributed by atoms with Crippen molar-refractivity contribution in [3.63, 3.8) is 0 Å². The SMILES string of the molecule is Cc1noc2cc(F)cnc12. The molecule has 0 aliphatic rings. The molecule has 0 saturated heterocycles. The van der Waals surface area contributed by atoms with Crippen LogP contribution in [0, 0.1) is 12.7 Å². The Hall–Kier alpha value is -1.45. The van der Waals surface area contributed by atoms with Crippen LogP contribution in [-0.2, 0) is 0 Å². The average Bonchev–Trinajstić information content (AvgIpc) is 2.32. The molecule has 0 amide bonds. The number of halogens is 1. The predicted molar refractivity (Wildman–Crippen MR) is 36.5 cm³/mol. The number of hydrogen-bond acceptors (Lipinski definition) is 3. The van der Waals surface area contributed by atoms with E-state index in [1.807, 2.05) is 0 Å². The zero-order valence-electron chi connectivity index (χ0n) is 5.84. The van der Waals surface area contributed by atoms with Crippen LogP contribution in [0.25, 0.3) is 11.1 Å². The summed E-state index contributed by atoms with van der Waals surface area (Å²) in [5, 5.41) is 3.63. The largest absolute Gasteiger partial charge is 0.354 e. The third-order valence-electron chi connectivity index (χ3n) is 1.44. The van der Waals surface area contributed by atoms with Crippen LogP contribution in [-0.4, -0.2) is 10.1 Å². The minimum Gasteiger partial charge on any atom is -0.354 e. The van der Waals surface area contributed by atoms with Crippen molar-refractivity contribution in [2.45, 2.75) is 6.92 Å². The summed E-state index contributed by atoms with van der Waals surface area (Å²) in [6.45, 7) is 1.76. The molecule has 2 aromatic heterocycles. The molecule has 0 fully saturated rings. The highest BCUT2D eigenvalue weighted by Gasteiger charge is 2.04. The smallest absolute Gasteiger partial charge is 0.188 e. The minimum atomic E-state index is -0.409. The maximum absolute atomic E-state index is 12.5. The number of aryl methyl sites for hydroxylation is 1. The van der Waals surface area contributed by atoms with Gasteiger partial charge in [-0.2, -0.15) is 0 Å². The fraction of sp³-hybridized carbons (Fsp3) is 0.143. The van der Waals surface area contributed by atoms with Crippen molar-refractivity contribution in [1.29, 1.82) is 0 Å². The van der Waals surface area contributed by atoms with E-state index in [0.717, 1.165) is 6.20 Å². The zero-order chi connectivity index (χ0) is 7.84. The van der Waals surface area contributed by atoms with Gasteiger partial charge in [-0.3, -0.25) is 0 Å². The molecule has 0 saturated carbocycles. The summed E-state index contributed by atoms with van der Waals surface area (Å²) in [5.74, 6) is -0.409. The Morgan fingerprint density at radius 3 is 3.18 bits per heavy atom. The topological polar surface area (TPSA) is 38.9 Å². The van der Waals surface area contributed by atoms with Crippen molar-refractivity contribution in [2.75, 3.05) is 0 Å². The maximum Gasteiger partial charge on any atom is 0.188 e. The van der Waals surface area contributed by atoms with Gasteiger partial charge in [-0.05, 0) is 6.92 Å². The third-order valence-corrected chi connectivity index (χ3v) is 1.44. The van der Waals surface area contributed by atoms with Crippen LogP contribution in [0.1, 0.15) is 5.69 Å². The van der Waals surface area contributed by atoms with Crippen LogP contribution in [0.4, 0.5) is 4.39 Å². The van der Waals surface area contributed by atoms with Gasteiger partial charge in [0.25, 0.3) is 0 Å². The molecule has 0 unspecified atom stereocenters. The quantitative estimate of drug-likeness (QED) is 0.576. The molecule has 11 heavy (non-hydrogen) atoms. The number of nitrogens with zero attached hydrogens (tertiary/aromatic N) is 2. The van der Waals surface area contributed by atoms with E-state index in [1.54, 1.807) is 6.92 Å². The lowest BCUT2D eigenvalue weighted by Gasteiger charge is -1.85. The Morgan fingerprint density at radius 1 is 1.55 bits per heavy atom. The Kier molecular flexibility index (Phi) is 1.15. The van der Waals surface area contributed by atoms with Crippen molar-refractivity contribution in [3.05, 3.63) is 23.8 Å². The average molecular weight is 152 g/mol. The normalized spacial score (nSPS) is 10.7. The fourth-order valence-corrected chi connectivity index (χ4v) is 0.923. The molecule has 0 spiro atoms. The van der Waals surface area contributed by atoms with Gasteiger partial charge in [0, 0.05) is 6.07 Å². The lowest BCUT2D eigenvalue weighted by atomic mass is 10.3. The van der Waals surface area contributed by atoms with Crippen LogP contribution >= 0.6 is 0 Å². The number of rotatable bonds is 0. The minimum absolute atomic E-state index is 0.391. The summed E-state index contributed by atoms with van der Waals surface area (Å²) in [6, 6.07) is 1.27. The van der Waals surface area contributed by atoms with Gasteiger partial charge >= 0.3 is 0 Å². The molecule has 0 aliphatic carbocycles. The van der Waals surface area contributed by atoms with Crippen molar-refractivity contribution >= 4 is 11.1 Å². The summed E-state index contributed by atoms with van der Waals surface area (Å²) in [6.07, 6.45) is 1.15. The molecule has 0 radical (unpaired) electrons. The fourth-order valence-electron chi connectivity index (χ4n) is 0.923. The van der Waals surface area contributed by atoms with Gasteiger partial charge in [-0.15, -0.1) is 0 Å². The van der Waals surface area contributed by atoms with Crippen LogP contribution in [0.15, 0.2) is 16.8 Å². The van der Waals surface area contributed by atoms with Gasteiger partial charge in [-0.25, -0.2) is 9.37 Å². The van der Waals surface area contributed by atoms with Gasteiger partial charge in [0.1, 0.15) is 17.0 Å². The molecular formula is C7H5FN2O. The van der Waals surface area contributed by atoms with Gasteiger partial charge in [-0.1, -0.05) is 5.16 Å². The Balaban J connectivity index is 2.86. The molecular weight excluding hydrogens is 147 g/mol. The summed E-state index contributed by atoms with van der Waals surface area (Å²) >= 11 is 0. The maximum atomic E-state index is 12.5. The van der Waals surface area contributed by atoms with E-state index in [9.17, 15) is 4.39 Å². The predicted octanol–water partition coefficient (Wildman–Crippen LogP) is 1.67. The molecule has 0 bridgehead atoms. The van der Waals surface area contributed by atoms with E-state index in [4.69, 9.17) is 4.52 Å². The molecule has 0 aromatic carbocycles. The third kappa shape index (κ3) is 0.869. The highest BCUT2D eigenvalue weighted by atomic mass is 19.1. The second-order valence-electron chi connectivity index (χ2n) is 2.27. The first-order chi connectivity index (χ1) is 5.27. The van der Waals surface area contributed by atoms with Crippen molar-refractivity contribution in [2.24, 2.45) is 0 Å². The second kappa shape index (κ2) is 2.02. The number of aromatic nitrogens is 2. The molecule has 56 valence electrons. The van der Waals surface area contributed by atoms with Crippen molar-refractivity contribution in [1.82, 2.24) is 10.1 Å². The first-order valence-electron chi connectivity index (χ1n) is 3.15. The van der Waals surface area contributed by atoms with Gasteiger partial charge in [0.15, 0.2) is 5.58 Å². The van der Waals surface area contributed by atoms with Crippen molar-refractivity contribution in [3.8, 4) is 0 Å². The molecule has 0 aliphatic heterocycles.